The summed E-state index contributed by atoms with van der Waals surface area (Å²) in [6.45, 7) is 5.71. The van der Waals surface area contributed by atoms with E-state index in [0.29, 0.717) is 0 Å². The molecule has 1 saturated heterocycles. The summed E-state index contributed by atoms with van der Waals surface area (Å²) in [5.74, 6) is 2.42. The molecule has 2 aromatic rings. The molecule has 150 valence electrons. The number of aryl methyl sites for hydroxylation is 1. The number of aromatic nitrogens is 3. The van der Waals surface area contributed by atoms with Crippen LogP contribution in [-0.4, -0.2) is 57.1 Å². The number of hydrogen-bond acceptors (Lipinski definition) is 4. The molecule has 0 bridgehead atoms. The maximum absolute atomic E-state index is 13.3. The van der Waals surface area contributed by atoms with Crippen molar-refractivity contribution >= 4 is 5.91 Å². The van der Waals surface area contributed by atoms with Gasteiger partial charge in [-0.3, -0.25) is 9.89 Å². The first-order valence-corrected chi connectivity index (χ1v) is 10.7. The van der Waals surface area contributed by atoms with E-state index in [4.69, 9.17) is 0 Å². The SMILES string of the molecule is Cc1nc(C2CCN(CC3CCCCC3)CCN2C(=O)c2ccccc2)n[nH]1. The molecule has 1 aliphatic carbocycles. The van der Waals surface area contributed by atoms with Crippen molar-refractivity contribution in [2.75, 3.05) is 26.2 Å². The topological polar surface area (TPSA) is 65.1 Å². The zero-order valence-corrected chi connectivity index (χ0v) is 16.8. The van der Waals surface area contributed by atoms with Gasteiger partial charge in [-0.1, -0.05) is 37.5 Å². The quantitative estimate of drug-likeness (QED) is 0.879. The summed E-state index contributed by atoms with van der Waals surface area (Å²) in [5, 5.41) is 7.35. The normalized spacial score (nSPS) is 22.2. The van der Waals surface area contributed by atoms with Crippen molar-refractivity contribution in [1.82, 2.24) is 25.0 Å². The van der Waals surface area contributed by atoms with Gasteiger partial charge in [0.25, 0.3) is 5.91 Å². The lowest BCUT2D eigenvalue weighted by atomic mass is 9.89. The van der Waals surface area contributed by atoms with Gasteiger partial charge in [-0.2, -0.15) is 5.10 Å². The zero-order chi connectivity index (χ0) is 19.3. The van der Waals surface area contributed by atoms with Crippen molar-refractivity contribution in [3.63, 3.8) is 0 Å². The largest absolute Gasteiger partial charge is 0.327 e. The van der Waals surface area contributed by atoms with Gasteiger partial charge in [0.05, 0.1) is 6.04 Å². The Morgan fingerprint density at radius 2 is 1.86 bits per heavy atom. The highest BCUT2D eigenvalue weighted by molar-refractivity contribution is 5.94. The van der Waals surface area contributed by atoms with E-state index < -0.39 is 0 Å². The van der Waals surface area contributed by atoms with Gasteiger partial charge in [0, 0.05) is 31.7 Å². The Morgan fingerprint density at radius 3 is 2.57 bits per heavy atom. The Labute approximate surface area is 167 Å². The van der Waals surface area contributed by atoms with Gasteiger partial charge in [-0.25, -0.2) is 4.98 Å². The number of amides is 1. The number of hydrogen-bond donors (Lipinski definition) is 1. The van der Waals surface area contributed by atoms with Gasteiger partial charge < -0.3 is 9.80 Å². The number of nitrogens with one attached hydrogen (secondary N) is 1. The molecular formula is C22H31N5O. The Hall–Kier alpha value is -2.21. The lowest BCUT2D eigenvalue weighted by Crippen LogP contribution is -2.38. The predicted octanol–water partition coefficient (Wildman–Crippen LogP) is 3.58. The summed E-state index contributed by atoms with van der Waals surface area (Å²) >= 11 is 0. The summed E-state index contributed by atoms with van der Waals surface area (Å²) in [4.78, 5) is 22.4. The second kappa shape index (κ2) is 8.86. The second-order valence-corrected chi connectivity index (χ2v) is 8.25. The Balaban J connectivity index is 1.52. The third kappa shape index (κ3) is 4.43. The fraction of sp³-hybridized carbons (Fsp3) is 0.591. The highest BCUT2D eigenvalue weighted by Gasteiger charge is 2.32. The van der Waals surface area contributed by atoms with Crippen LogP contribution in [-0.2, 0) is 0 Å². The van der Waals surface area contributed by atoms with Gasteiger partial charge in [0.15, 0.2) is 5.82 Å². The molecule has 28 heavy (non-hydrogen) atoms. The molecule has 4 rings (SSSR count). The fourth-order valence-electron chi connectivity index (χ4n) is 4.66. The predicted molar refractivity (Wildman–Crippen MR) is 109 cm³/mol. The van der Waals surface area contributed by atoms with Gasteiger partial charge in [-0.05, 0) is 44.2 Å². The van der Waals surface area contributed by atoms with Crippen molar-refractivity contribution in [3.05, 3.63) is 47.5 Å². The first-order valence-electron chi connectivity index (χ1n) is 10.7. The van der Waals surface area contributed by atoms with Crippen LogP contribution in [0.15, 0.2) is 30.3 Å². The molecule has 1 aromatic heterocycles. The highest BCUT2D eigenvalue weighted by Crippen LogP contribution is 2.29. The molecule has 0 spiro atoms. The maximum atomic E-state index is 13.3. The summed E-state index contributed by atoms with van der Waals surface area (Å²) in [6.07, 6.45) is 7.72. The van der Waals surface area contributed by atoms with Crippen molar-refractivity contribution < 1.29 is 4.79 Å². The van der Waals surface area contributed by atoms with Crippen LogP contribution < -0.4 is 0 Å². The number of carbonyl (C=O) groups is 1. The van der Waals surface area contributed by atoms with Crippen LogP contribution in [0.2, 0.25) is 0 Å². The van der Waals surface area contributed by atoms with Gasteiger partial charge >= 0.3 is 0 Å². The third-order valence-electron chi connectivity index (χ3n) is 6.19. The van der Waals surface area contributed by atoms with Crippen LogP contribution in [0.5, 0.6) is 0 Å². The minimum Gasteiger partial charge on any atom is -0.327 e. The molecule has 1 unspecified atom stereocenters. The number of benzene rings is 1. The van der Waals surface area contributed by atoms with Crippen LogP contribution in [0.4, 0.5) is 0 Å². The molecule has 1 N–H and O–H groups in total. The molecule has 6 nitrogen and oxygen atoms in total. The summed E-state index contributed by atoms with van der Waals surface area (Å²) in [6, 6.07) is 9.51. The van der Waals surface area contributed by atoms with Crippen LogP contribution in [0.3, 0.4) is 0 Å². The summed E-state index contributed by atoms with van der Waals surface area (Å²) in [5.41, 5.74) is 0.737. The first kappa shape index (κ1) is 19.1. The van der Waals surface area contributed by atoms with E-state index in [-0.39, 0.29) is 11.9 Å². The van der Waals surface area contributed by atoms with E-state index in [9.17, 15) is 4.79 Å². The van der Waals surface area contributed by atoms with Crippen molar-refractivity contribution in [2.24, 2.45) is 5.92 Å². The lowest BCUT2D eigenvalue weighted by Gasteiger charge is -2.29. The van der Waals surface area contributed by atoms with Crippen molar-refractivity contribution in [1.29, 1.82) is 0 Å². The molecule has 6 heteroatoms. The monoisotopic (exact) mass is 381 g/mol. The standard InChI is InChI=1S/C22H31N5O/c1-17-23-21(25-24-17)20-12-13-26(16-18-8-4-2-5-9-18)14-15-27(20)22(28)19-10-6-3-7-11-19/h3,6-7,10-11,18,20H,2,4-5,8-9,12-16H2,1H3,(H,23,24,25). The van der Waals surface area contributed by atoms with Crippen LogP contribution >= 0.6 is 0 Å². The van der Waals surface area contributed by atoms with Crippen molar-refractivity contribution in [3.8, 4) is 0 Å². The molecule has 2 fully saturated rings. The minimum atomic E-state index is -0.0750. The zero-order valence-electron chi connectivity index (χ0n) is 16.8. The number of carbonyl (C=O) groups excluding carboxylic acids is 1. The summed E-state index contributed by atoms with van der Waals surface area (Å²) < 4.78 is 0. The number of aromatic amines is 1. The van der Waals surface area contributed by atoms with E-state index in [1.54, 1.807) is 0 Å². The van der Waals surface area contributed by atoms with Crippen LogP contribution in [0.25, 0.3) is 0 Å². The number of rotatable bonds is 4. The molecule has 1 saturated carbocycles. The smallest absolute Gasteiger partial charge is 0.254 e. The van der Waals surface area contributed by atoms with E-state index >= 15 is 0 Å². The average molecular weight is 382 g/mol. The van der Waals surface area contributed by atoms with Crippen molar-refractivity contribution in [2.45, 2.75) is 51.5 Å². The number of nitrogens with zero attached hydrogens (tertiary/aromatic N) is 4. The van der Waals surface area contributed by atoms with E-state index in [0.717, 1.165) is 55.7 Å². The fourth-order valence-corrected chi connectivity index (χ4v) is 4.66. The molecule has 1 amide bonds. The lowest BCUT2D eigenvalue weighted by molar-refractivity contribution is 0.0676. The van der Waals surface area contributed by atoms with E-state index in [2.05, 4.69) is 20.1 Å². The van der Waals surface area contributed by atoms with E-state index in [1.807, 2.05) is 42.2 Å². The molecule has 0 radical (unpaired) electrons. The minimum absolute atomic E-state index is 0.0750. The van der Waals surface area contributed by atoms with Gasteiger partial charge in [-0.15, -0.1) is 0 Å². The molecule has 2 aliphatic rings. The maximum Gasteiger partial charge on any atom is 0.254 e. The third-order valence-corrected chi connectivity index (χ3v) is 6.19. The Kier molecular flexibility index (Phi) is 6.05. The molecule has 1 atom stereocenters. The van der Waals surface area contributed by atoms with Crippen LogP contribution in [0.1, 0.15) is 66.6 Å². The Bertz CT molecular complexity index is 768. The second-order valence-electron chi connectivity index (χ2n) is 8.25. The van der Waals surface area contributed by atoms with Gasteiger partial charge in [0.2, 0.25) is 0 Å². The molecular weight excluding hydrogens is 350 g/mol. The molecule has 2 heterocycles. The van der Waals surface area contributed by atoms with Gasteiger partial charge in [0.1, 0.15) is 5.82 Å². The highest BCUT2D eigenvalue weighted by atomic mass is 16.2. The number of H-pyrrole nitrogens is 1. The molecule has 1 aliphatic heterocycles. The molecule has 1 aromatic carbocycles. The Morgan fingerprint density at radius 1 is 1.07 bits per heavy atom. The summed E-state index contributed by atoms with van der Waals surface area (Å²) in [7, 11) is 0. The van der Waals surface area contributed by atoms with Crippen LogP contribution in [0, 0.1) is 12.8 Å². The average Bonchev–Trinajstić information content (AvgIpc) is 3.05. The first-order chi connectivity index (χ1) is 13.7. The van der Waals surface area contributed by atoms with E-state index in [1.165, 1.54) is 32.1 Å².